The first kappa shape index (κ1) is 18.9. The van der Waals surface area contributed by atoms with E-state index in [9.17, 15) is 14.4 Å². The molecular formula is C20H19ClN2O4. The van der Waals surface area contributed by atoms with Gasteiger partial charge in [0.1, 0.15) is 0 Å². The SMILES string of the molecule is Cc1cc(C)c(NC(=O)COC(=O)c2ccc3c(c2)CCC(=O)N3)c(Cl)c1. The van der Waals surface area contributed by atoms with Crippen LogP contribution in [0.15, 0.2) is 30.3 Å². The maximum Gasteiger partial charge on any atom is 0.338 e. The molecule has 0 saturated carbocycles. The average molecular weight is 387 g/mol. The number of aryl methyl sites for hydroxylation is 3. The van der Waals surface area contributed by atoms with E-state index in [4.69, 9.17) is 16.3 Å². The van der Waals surface area contributed by atoms with Crippen LogP contribution in [-0.4, -0.2) is 24.4 Å². The van der Waals surface area contributed by atoms with Gasteiger partial charge in [0.25, 0.3) is 5.91 Å². The molecule has 27 heavy (non-hydrogen) atoms. The molecule has 2 N–H and O–H groups in total. The number of nitrogens with one attached hydrogen (secondary N) is 2. The molecule has 0 saturated heterocycles. The lowest BCUT2D eigenvalue weighted by molar-refractivity contribution is -0.119. The van der Waals surface area contributed by atoms with Crippen LogP contribution in [0.1, 0.15) is 33.5 Å². The van der Waals surface area contributed by atoms with Crippen molar-refractivity contribution >= 4 is 40.8 Å². The van der Waals surface area contributed by atoms with Crippen molar-refractivity contribution in [1.82, 2.24) is 0 Å². The number of anilines is 2. The van der Waals surface area contributed by atoms with Gasteiger partial charge in [0.05, 0.1) is 16.3 Å². The van der Waals surface area contributed by atoms with Gasteiger partial charge in [-0.2, -0.15) is 0 Å². The lowest BCUT2D eigenvalue weighted by Gasteiger charge is -2.17. The van der Waals surface area contributed by atoms with Gasteiger partial charge in [-0.1, -0.05) is 17.7 Å². The van der Waals surface area contributed by atoms with E-state index in [1.54, 1.807) is 24.3 Å². The highest BCUT2D eigenvalue weighted by atomic mass is 35.5. The van der Waals surface area contributed by atoms with E-state index in [1.165, 1.54) is 0 Å². The third kappa shape index (κ3) is 4.46. The lowest BCUT2D eigenvalue weighted by atomic mass is 10.0. The number of hydrogen-bond donors (Lipinski definition) is 2. The molecule has 3 rings (SSSR count). The zero-order valence-electron chi connectivity index (χ0n) is 15.0. The molecule has 1 aliphatic heterocycles. The van der Waals surface area contributed by atoms with Gasteiger partial charge in [-0.25, -0.2) is 4.79 Å². The van der Waals surface area contributed by atoms with Crippen LogP contribution in [0.3, 0.4) is 0 Å². The Labute approximate surface area is 161 Å². The van der Waals surface area contributed by atoms with Crippen LogP contribution in [-0.2, 0) is 20.7 Å². The third-order valence-corrected chi connectivity index (χ3v) is 4.57. The summed E-state index contributed by atoms with van der Waals surface area (Å²) in [5.41, 5.74) is 4.23. The summed E-state index contributed by atoms with van der Waals surface area (Å²) in [5, 5.41) is 5.86. The fourth-order valence-corrected chi connectivity index (χ4v) is 3.34. The minimum Gasteiger partial charge on any atom is -0.452 e. The first-order chi connectivity index (χ1) is 12.8. The van der Waals surface area contributed by atoms with E-state index in [1.807, 2.05) is 19.9 Å². The fourth-order valence-electron chi connectivity index (χ4n) is 2.97. The number of esters is 1. The second-order valence-electron chi connectivity index (χ2n) is 6.48. The Bertz CT molecular complexity index is 917. The predicted molar refractivity (Wildman–Crippen MR) is 103 cm³/mol. The van der Waals surface area contributed by atoms with Crippen LogP contribution < -0.4 is 10.6 Å². The van der Waals surface area contributed by atoms with Crippen molar-refractivity contribution in [2.75, 3.05) is 17.2 Å². The van der Waals surface area contributed by atoms with Crippen molar-refractivity contribution in [1.29, 1.82) is 0 Å². The number of benzene rings is 2. The van der Waals surface area contributed by atoms with Crippen molar-refractivity contribution in [2.24, 2.45) is 0 Å². The number of carbonyl (C=O) groups is 3. The van der Waals surface area contributed by atoms with E-state index >= 15 is 0 Å². The third-order valence-electron chi connectivity index (χ3n) is 4.27. The van der Waals surface area contributed by atoms with Crippen molar-refractivity contribution in [2.45, 2.75) is 26.7 Å². The highest BCUT2D eigenvalue weighted by Crippen LogP contribution is 2.27. The number of halogens is 1. The van der Waals surface area contributed by atoms with Crippen molar-refractivity contribution in [3.8, 4) is 0 Å². The van der Waals surface area contributed by atoms with Crippen LogP contribution in [0.25, 0.3) is 0 Å². The summed E-state index contributed by atoms with van der Waals surface area (Å²) >= 11 is 6.16. The highest BCUT2D eigenvalue weighted by Gasteiger charge is 2.18. The number of fused-ring (bicyclic) bond motifs is 1. The summed E-state index contributed by atoms with van der Waals surface area (Å²) in [7, 11) is 0. The van der Waals surface area contributed by atoms with Gasteiger partial charge >= 0.3 is 5.97 Å². The molecule has 2 aromatic rings. The van der Waals surface area contributed by atoms with Crippen LogP contribution in [0.5, 0.6) is 0 Å². The molecule has 0 atom stereocenters. The Balaban J connectivity index is 1.61. The second kappa shape index (κ2) is 7.80. The Morgan fingerprint density at radius 3 is 2.70 bits per heavy atom. The van der Waals surface area contributed by atoms with E-state index in [0.29, 0.717) is 34.8 Å². The monoisotopic (exact) mass is 386 g/mol. The van der Waals surface area contributed by atoms with Crippen molar-refractivity contribution < 1.29 is 19.1 Å². The standard InChI is InChI=1S/C20H19ClN2O4/c1-11-7-12(2)19(15(21)8-11)23-18(25)10-27-20(26)14-3-5-16-13(9-14)4-6-17(24)22-16/h3,5,7-9H,4,6,10H2,1-2H3,(H,22,24)(H,23,25). The zero-order valence-corrected chi connectivity index (χ0v) is 15.8. The number of hydrogen-bond acceptors (Lipinski definition) is 4. The number of ether oxygens (including phenoxy) is 1. The number of rotatable bonds is 4. The van der Waals surface area contributed by atoms with Crippen LogP contribution in [0, 0.1) is 13.8 Å². The van der Waals surface area contributed by atoms with E-state index in [2.05, 4.69) is 10.6 Å². The molecule has 140 valence electrons. The minimum atomic E-state index is -0.600. The topological polar surface area (TPSA) is 84.5 Å². The molecule has 0 fully saturated rings. The van der Waals surface area contributed by atoms with E-state index < -0.39 is 18.5 Å². The molecule has 0 aromatic heterocycles. The van der Waals surface area contributed by atoms with Gasteiger partial charge in [-0.3, -0.25) is 9.59 Å². The molecule has 7 heteroatoms. The summed E-state index contributed by atoms with van der Waals surface area (Å²) in [6, 6.07) is 8.56. The van der Waals surface area contributed by atoms with Crippen LogP contribution in [0.2, 0.25) is 5.02 Å². The molecule has 0 aliphatic carbocycles. The maximum atomic E-state index is 12.2. The zero-order chi connectivity index (χ0) is 19.6. The quantitative estimate of drug-likeness (QED) is 0.786. The Hall–Kier alpha value is -2.86. The van der Waals surface area contributed by atoms with Crippen LogP contribution >= 0.6 is 11.6 Å². The summed E-state index contributed by atoms with van der Waals surface area (Å²) in [6.07, 6.45) is 0.943. The molecule has 0 unspecified atom stereocenters. The van der Waals surface area contributed by atoms with Gasteiger partial charge in [0.15, 0.2) is 6.61 Å². The fraction of sp³-hybridized carbons (Fsp3) is 0.250. The maximum absolute atomic E-state index is 12.2. The Morgan fingerprint density at radius 1 is 1.19 bits per heavy atom. The Morgan fingerprint density at radius 2 is 1.96 bits per heavy atom. The first-order valence-electron chi connectivity index (χ1n) is 8.50. The number of amides is 2. The minimum absolute atomic E-state index is 0.0421. The van der Waals surface area contributed by atoms with Crippen molar-refractivity contribution in [3.05, 3.63) is 57.6 Å². The summed E-state index contributed by atoms with van der Waals surface area (Å²) in [5.74, 6) is -1.11. The molecule has 0 radical (unpaired) electrons. The van der Waals surface area contributed by atoms with Gasteiger partial charge < -0.3 is 15.4 Å². The molecular weight excluding hydrogens is 368 g/mol. The predicted octanol–water partition coefficient (Wildman–Crippen LogP) is 3.64. The normalized spacial score (nSPS) is 12.8. The first-order valence-corrected chi connectivity index (χ1v) is 8.88. The average Bonchev–Trinajstić information content (AvgIpc) is 2.62. The number of carbonyl (C=O) groups excluding carboxylic acids is 3. The Kier molecular flexibility index (Phi) is 5.46. The van der Waals surface area contributed by atoms with Gasteiger partial charge in [-0.15, -0.1) is 0 Å². The molecule has 1 heterocycles. The van der Waals surface area contributed by atoms with Crippen LogP contribution in [0.4, 0.5) is 11.4 Å². The van der Waals surface area contributed by atoms with Gasteiger partial charge in [-0.05, 0) is 61.2 Å². The molecule has 1 aliphatic rings. The molecule has 2 amide bonds. The second-order valence-corrected chi connectivity index (χ2v) is 6.89. The summed E-state index contributed by atoms with van der Waals surface area (Å²) in [6.45, 7) is 3.33. The lowest BCUT2D eigenvalue weighted by Crippen LogP contribution is -2.22. The van der Waals surface area contributed by atoms with E-state index in [0.717, 1.165) is 16.7 Å². The summed E-state index contributed by atoms with van der Waals surface area (Å²) in [4.78, 5) is 35.7. The molecule has 2 aromatic carbocycles. The smallest absolute Gasteiger partial charge is 0.338 e. The van der Waals surface area contributed by atoms with E-state index in [-0.39, 0.29) is 5.91 Å². The largest absolute Gasteiger partial charge is 0.452 e. The van der Waals surface area contributed by atoms with Crippen molar-refractivity contribution in [3.63, 3.8) is 0 Å². The molecule has 0 bridgehead atoms. The summed E-state index contributed by atoms with van der Waals surface area (Å²) < 4.78 is 5.10. The highest BCUT2D eigenvalue weighted by molar-refractivity contribution is 6.34. The van der Waals surface area contributed by atoms with Gasteiger partial charge in [0.2, 0.25) is 5.91 Å². The molecule has 0 spiro atoms. The van der Waals surface area contributed by atoms with Gasteiger partial charge in [0, 0.05) is 12.1 Å². The molecule has 6 nitrogen and oxygen atoms in total.